The highest BCUT2D eigenvalue weighted by Crippen LogP contribution is 2.64. The number of hydrogen-bond donors (Lipinski definition) is 1. The fraction of sp³-hybridized carbons (Fsp3) is 0.100. The van der Waals surface area contributed by atoms with Crippen LogP contribution in [0.25, 0.3) is 0 Å². The third-order valence-corrected chi connectivity index (χ3v) is 6.99. The van der Waals surface area contributed by atoms with Crippen LogP contribution in [0.3, 0.4) is 0 Å². The first kappa shape index (κ1) is 16.7. The Hall–Kier alpha value is -2.19. The molecule has 0 spiro atoms. The van der Waals surface area contributed by atoms with Gasteiger partial charge in [0.25, 0.3) is 7.37 Å². The van der Waals surface area contributed by atoms with Crippen molar-refractivity contribution in [1.82, 2.24) is 0 Å². The van der Waals surface area contributed by atoms with Crippen LogP contribution < -0.4 is 5.30 Å². The first-order valence-electron chi connectivity index (χ1n) is 7.68. The third-order valence-electron chi connectivity index (χ3n) is 4.13. The molecular formula is C20H19O3P. The van der Waals surface area contributed by atoms with E-state index < -0.39 is 12.7 Å². The first-order valence-corrected chi connectivity index (χ1v) is 9.30. The molecule has 4 heteroatoms. The van der Waals surface area contributed by atoms with Crippen LogP contribution >= 0.6 is 7.37 Å². The first-order chi connectivity index (χ1) is 11.6. The van der Waals surface area contributed by atoms with Crippen molar-refractivity contribution in [3.05, 3.63) is 102 Å². The zero-order chi connectivity index (χ0) is 17.0. The summed E-state index contributed by atoms with van der Waals surface area (Å²) in [4.78, 5) is 0. The van der Waals surface area contributed by atoms with E-state index in [4.69, 9.17) is 4.52 Å². The van der Waals surface area contributed by atoms with Crippen LogP contribution in [-0.4, -0.2) is 12.2 Å². The van der Waals surface area contributed by atoms with Crippen LogP contribution in [-0.2, 0) is 14.4 Å². The van der Waals surface area contributed by atoms with E-state index in [1.165, 1.54) is 7.11 Å². The molecule has 1 N–H and O–H groups in total. The summed E-state index contributed by atoms with van der Waals surface area (Å²) in [6, 6.07) is 26.9. The molecule has 0 heterocycles. The standard InChI is InChI=1S/C20H19O3P/c1-23-24(22,19-15-9-4-10-16-19)20(21,17-11-5-2-6-12-17)18-13-7-3-8-14-18/h2-16,21H,1H3. The van der Waals surface area contributed by atoms with Gasteiger partial charge in [0.2, 0.25) is 0 Å². The second kappa shape index (κ2) is 6.74. The summed E-state index contributed by atoms with van der Waals surface area (Å²) in [6.45, 7) is 0. The molecule has 3 aromatic carbocycles. The maximum Gasteiger partial charge on any atom is 0.271 e. The van der Waals surface area contributed by atoms with E-state index in [1.807, 2.05) is 42.5 Å². The molecule has 0 radical (unpaired) electrons. The SMILES string of the molecule is COP(=O)(c1ccccc1)C(O)(c1ccccc1)c1ccccc1. The molecule has 122 valence electrons. The van der Waals surface area contributed by atoms with Gasteiger partial charge in [0.1, 0.15) is 0 Å². The summed E-state index contributed by atoms with van der Waals surface area (Å²) in [7, 11) is -2.28. The van der Waals surface area contributed by atoms with Crippen molar-refractivity contribution in [2.45, 2.75) is 5.34 Å². The lowest BCUT2D eigenvalue weighted by Gasteiger charge is -2.36. The van der Waals surface area contributed by atoms with Crippen molar-refractivity contribution in [1.29, 1.82) is 0 Å². The zero-order valence-corrected chi connectivity index (χ0v) is 14.3. The Bertz CT molecular complexity index is 793. The van der Waals surface area contributed by atoms with Gasteiger partial charge >= 0.3 is 0 Å². The minimum Gasteiger partial charge on any atom is -0.371 e. The van der Waals surface area contributed by atoms with Crippen molar-refractivity contribution in [2.24, 2.45) is 0 Å². The largest absolute Gasteiger partial charge is 0.371 e. The van der Waals surface area contributed by atoms with E-state index in [0.717, 1.165) is 0 Å². The van der Waals surface area contributed by atoms with Crippen molar-refractivity contribution >= 4 is 12.7 Å². The van der Waals surface area contributed by atoms with Crippen LogP contribution in [0.5, 0.6) is 0 Å². The summed E-state index contributed by atoms with van der Waals surface area (Å²) < 4.78 is 19.4. The van der Waals surface area contributed by atoms with Crippen molar-refractivity contribution < 1.29 is 14.2 Å². The fourth-order valence-electron chi connectivity index (χ4n) is 2.90. The maximum absolute atomic E-state index is 13.9. The highest BCUT2D eigenvalue weighted by molar-refractivity contribution is 7.68. The minimum absolute atomic E-state index is 0.475. The van der Waals surface area contributed by atoms with Gasteiger partial charge < -0.3 is 9.63 Å². The number of aliphatic hydroxyl groups is 1. The van der Waals surface area contributed by atoms with Crippen LogP contribution in [0.1, 0.15) is 11.1 Å². The molecule has 0 fully saturated rings. The Morgan fingerprint density at radius 3 is 1.50 bits per heavy atom. The van der Waals surface area contributed by atoms with Gasteiger partial charge in [-0.05, 0) is 23.3 Å². The second-order valence-corrected chi connectivity index (χ2v) is 8.11. The lowest BCUT2D eigenvalue weighted by atomic mass is 10.0. The Kier molecular flexibility index (Phi) is 4.68. The van der Waals surface area contributed by atoms with E-state index in [1.54, 1.807) is 48.5 Å². The fourth-order valence-corrected chi connectivity index (χ4v) is 5.29. The summed E-state index contributed by atoms with van der Waals surface area (Å²) in [6.07, 6.45) is 0. The molecule has 1 atom stereocenters. The van der Waals surface area contributed by atoms with E-state index in [0.29, 0.717) is 16.4 Å². The van der Waals surface area contributed by atoms with Gasteiger partial charge in [-0.25, -0.2) is 0 Å². The normalized spacial score (nSPS) is 14.1. The summed E-state index contributed by atoms with van der Waals surface area (Å²) >= 11 is 0. The molecule has 0 aliphatic rings. The molecule has 3 nitrogen and oxygen atoms in total. The van der Waals surface area contributed by atoms with E-state index >= 15 is 0 Å². The minimum atomic E-state index is -3.66. The molecule has 0 aromatic heterocycles. The van der Waals surface area contributed by atoms with Crippen molar-refractivity contribution in [3.8, 4) is 0 Å². The van der Waals surface area contributed by atoms with E-state index in [2.05, 4.69) is 0 Å². The Balaban J connectivity index is 2.31. The molecule has 0 bridgehead atoms. The third kappa shape index (κ3) is 2.61. The molecule has 0 saturated carbocycles. The van der Waals surface area contributed by atoms with Gasteiger partial charge in [-0.3, -0.25) is 4.57 Å². The van der Waals surface area contributed by atoms with Gasteiger partial charge in [-0.2, -0.15) is 0 Å². The lowest BCUT2D eigenvalue weighted by Crippen LogP contribution is -2.32. The number of hydrogen-bond acceptors (Lipinski definition) is 3. The molecule has 0 saturated heterocycles. The van der Waals surface area contributed by atoms with Crippen LogP contribution in [0.15, 0.2) is 91.0 Å². The Morgan fingerprint density at radius 2 is 1.12 bits per heavy atom. The molecule has 1 unspecified atom stereocenters. The molecule has 0 amide bonds. The van der Waals surface area contributed by atoms with E-state index in [-0.39, 0.29) is 0 Å². The van der Waals surface area contributed by atoms with Crippen LogP contribution in [0.4, 0.5) is 0 Å². The van der Waals surface area contributed by atoms with Gasteiger partial charge in [0.15, 0.2) is 5.34 Å². The molecule has 0 aliphatic carbocycles. The summed E-state index contributed by atoms with van der Waals surface area (Å²) in [5, 5.41) is 10.4. The molecule has 3 rings (SSSR count). The van der Waals surface area contributed by atoms with Gasteiger partial charge in [0.05, 0.1) is 0 Å². The molecule has 3 aromatic rings. The number of benzene rings is 3. The van der Waals surface area contributed by atoms with Gasteiger partial charge in [-0.1, -0.05) is 78.9 Å². The maximum atomic E-state index is 13.9. The summed E-state index contributed by atoms with van der Waals surface area (Å²) in [5.74, 6) is 0. The van der Waals surface area contributed by atoms with E-state index in [9.17, 15) is 9.67 Å². The summed E-state index contributed by atoms with van der Waals surface area (Å²) in [5.41, 5.74) is 1.07. The molecule has 24 heavy (non-hydrogen) atoms. The Morgan fingerprint density at radius 1 is 0.750 bits per heavy atom. The number of rotatable bonds is 5. The average molecular weight is 338 g/mol. The predicted molar refractivity (Wildman–Crippen MR) is 96.6 cm³/mol. The highest BCUT2D eigenvalue weighted by Gasteiger charge is 2.51. The smallest absolute Gasteiger partial charge is 0.271 e. The average Bonchev–Trinajstić information content (AvgIpc) is 2.68. The predicted octanol–water partition coefficient (Wildman–Crippen LogP) is 4.13. The Labute approximate surface area is 142 Å². The second-order valence-electron chi connectivity index (χ2n) is 5.47. The quantitative estimate of drug-likeness (QED) is 0.712. The van der Waals surface area contributed by atoms with Gasteiger partial charge in [0, 0.05) is 12.4 Å². The van der Waals surface area contributed by atoms with Gasteiger partial charge in [-0.15, -0.1) is 0 Å². The zero-order valence-electron chi connectivity index (χ0n) is 13.4. The highest BCUT2D eigenvalue weighted by atomic mass is 31.2. The monoisotopic (exact) mass is 338 g/mol. The molecule has 0 aliphatic heterocycles. The topological polar surface area (TPSA) is 46.5 Å². The lowest BCUT2D eigenvalue weighted by molar-refractivity contribution is 0.147. The molecular weight excluding hydrogens is 319 g/mol. The van der Waals surface area contributed by atoms with Crippen LogP contribution in [0.2, 0.25) is 0 Å². The van der Waals surface area contributed by atoms with Crippen molar-refractivity contribution in [3.63, 3.8) is 0 Å². The van der Waals surface area contributed by atoms with Crippen LogP contribution in [0, 0.1) is 0 Å². The van der Waals surface area contributed by atoms with Crippen molar-refractivity contribution in [2.75, 3.05) is 7.11 Å².